The Labute approximate surface area is 127 Å². The van der Waals surface area contributed by atoms with Crippen molar-refractivity contribution in [1.82, 2.24) is 9.88 Å². The molecule has 0 bridgehead atoms. The lowest BCUT2D eigenvalue weighted by Gasteiger charge is -2.25. The highest BCUT2D eigenvalue weighted by Crippen LogP contribution is 2.66. The molecule has 106 valence electrons. The van der Waals surface area contributed by atoms with Gasteiger partial charge >= 0.3 is 0 Å². The van der Waals surface area contributed by atoms with Crippen molar-refractivity contribution in [3.8, 4) is 0 Å². The third-order valence-electron chi connectivity index (χ3n) is 4.25. The number of hydrogen-bond donors (Lipinski definition) is 0. The Balaban J connectivity index is 1.85. The van der Waals surface area contributed by atoms with Gasteiger partial charge in [-0.05, 0) is 23.3 Å². The summed E-state index contributed by atoms with van der Waals surface area (Å²) in [6.07, 6.45) is 2.72. The SMILES string of the molecule is CN(Cc1nccs1)C(=O)C1(c2cccs2)CC1(C)C. The van der Waals surface area contributed by atoms with E-state index in [0.29, 0.717) is 6.54 Å². The summed E-state index contributed by atoms with van der Waals surface area (Å²) in [6, 6.07) is 4.12. The Kier molecular flexibility index (Phi) is 3.21. The second-order valence-corrected chi connectivity index (χ2v) is 7.96. The highest BCUT2D eigenvalue weighted by Gasteiger charge is 2.68. The van der Waals surface area contributed by atoms with Crippen LogP contribution in [0.4, 0.5) is 0 Å². The minimum atomic E-state index is -0.326. The molecule has 3 nitrogen and oxygen atoms in total. The molecule has 1 aliphatic carbocycles. The molecule has 0 spiro atoms. The van der Waals surface area contributed by atoms with E-state index in [1.807, 2.05) is 23.4 Å². The molecule has 0 N–H and O–H groups in total. The van der Waals surface area contributed by atoms with Crippen LogP contribution in [0.5, 0.6) is 0 Å². The number of thiazole rings is 1. The summed E-state index contributed by atoms with van der Waals surface area (Å²) in [5.41, 5.74) is -0.279. The van der Waals surface area contributed by atoms with Crippen LogP contribution in [0.3, 0.4) is 0 Å². The molecule has 1 aliphatic rings. The first-order valence-corrected chi connectivity index (χ1v) is 8.41. The van der Waals surface area contributed by atoms with E-state index in [4.69, 9.17) is 0 Å². The summed E-state index contributed by atoms with van der Waals surface area (Å²) in [5.74, 6) is 0.222. The van der Waals surface area contributed by atoms with Gasteiger partial charge in [0.2, 0.25) is 5.91 Å². The molecule has 3 rings (SSSR count). The van der Waals surface area contributed by atoms with Gasteiger partial charge in [0.05, 0.1) is 12.0 Å². The second-order valence-electron chi connectivity index (χ2n) is 6.03. The summed E-state index contributed by atoms with van der Waals surface area (Å²) in [7, 11) is 1.88. The average molecular weight is 306 g/mol. The fraction of sp³-hybridized carbons (Fsp3) is 0.467. The van der Waals surface area contributed by atoms with Crippen LogP contribution in [0.1, 0.15) is 30.2 Å². The van der Waals surface area contributed by atoms with Crippen LogP contribution >= 0.6 is 22.7 Å². The van der Waals surface area contributed by atoms with Crippen LogP contribution in [0.2, 0.25) is 0 Å². The molecule has 1 amide bonds. The third-order valence-corrected chi connectivity index (χ3v) is 6.04. The van der Waals surface area contributed by atoms with Gasteiger partial charge in [-0.3, -0.25) is 4.79 Å². The maximum atomic E-state index is 13.0. The quantitative estimate of drug-likeness (QED) is 0.866. The van der Waals surface area contributed by atoms with Crippen molar-refractivity contribution in [2.24, 2.45) is 5.41 Å². The van der Waals surface area contributed by atoms with Crippen LogP contribution in [-0.2, 0) is 16.8 Å². The molecule has 5 heteroatoms. The molecule has 1 unspecified atom stereocenters. The standard InChI is InChI=1S/C15H18N2OS2/c1-14(2)10-15(14,11-5-4-7-19-11)13(18)17(3)9-12-16-6-8-20-12/h4-8H,9-10H2,1-3H3. The zero-order chi connectivity index (χ0) is 14.4. The molecular formula is C15H18N2OS2. The van der Waals surface area contributed by atoms with Gasteiger partial charge < -0.3 is 4.90 Å². The number of thiophene rings is 1. The summed E-state index contributed by atoms with van der Waals surface area (Å²) in [5, 5.41) is 4.99. The zero-order valence-corrected chi connectivity index (χ0v) is 13.6. The molecule has 1 fully saturated rings. The first-order valence-electron chi connectivity index (χ1n) is 6.65. The summed E-state index contributed by atoms with van der Waals surface area (Å²) < 4.78 is 0. The minimum Gasteiger partial charge on any atom is -0.338 e. The Hall–Kier alpha value is -1.20. The molecule has 2 heterocycles. The van der Waals surface area contributed by atoms with E-state index in [9.17, 15) is 4.79 Å². The van der Waals surface area contributed by atoms with Crippen LogP contribution < -0.4 is 0 Å². The van der Waals surface area contributed by atoms with E-state index >= 15 is 0 Å². The molecular weight excluding hydrogens is 288 g/mol. The maximum Gasteiger partial charge on any atom is 0.234 e. The monoisotopic (exact) mass is 306 g/mol. The molecule has 20 heavy (non-hydrogen) atoms. The predicted molar refractivity (Wildman–Crippen MR) is 83.0 cm³/mol. The van der Waals surface area contributed by atoms with E-state index in [0.717, 1.165) is 11.4 Å². The van der Waals surface area contributed by atoms with Crippen LogP contribution in [0.15, 0.2) is 29.1 Å². The van der Waals surface area contributed by atoms with Crippen molar-refractivity contribution in [3.63, 3.8) is 0 Å². The van der Waals surface area contributed by atoms with Crippen molar-refractivity contribution in [2.45, 2.75) is 32.2 Å². The number of aromatic nitrogens is 1. The highest BCUT2D eigenvalue weighted by atomic mass is 32.1. The number of rotatable bonds is 4. The second kappa shape index (κ2) is 4.67. The van der Waals surface area contributed by atoms with Crippen molar-refractivity contribution in [2.75, 3.05) is 7.05 Å². The molecule has 0 aliphatic heterocycles. The molecule has 0 aromatic carbocycles. The summed E-state index contributed by atoms with van der Waals surface area (Å²) in [4.78, 5) is 20.3. The highest BCUT2D eigenvalue weighted by molar-refractivity contribution is 7.10. The van der Waals surface area contributed by atoms with Gasteiger partial charge in [-0.25, -0.2) is 4.98 Å². The van der Waals surface area contributed by atoms with Gasteiger partial charge in [0.25, 0.3) is 0 Å². The number of carbonyl (C=O) groups excluding carboxylic acids is 1. The third kappa shape index (κ3) is 2.00. The van der Waals surface area contributed by atoms with Crippen molar-refractivity contribution >= 4 is 28.6 Å². The number of hydrogen-bond acceptors (Lipinski definition) is 4. The Bertz CT molecular complexity index is 604. The van der Waals surface area contributed by atoms with Crippen molar-refractivity contribution in [1.29, 1.82) is 0 Å². The van der Waals surface area contributed by atoms with E-state index in [-0.39, 0.29) is 16.7 Å². The number of carbonyl (C=O) groups is 1. The van der Waals surface area contributed by atoms with E-state index < -0.39 is 0 Å². The first kappa shape index (κ1) is 13.8. The molecule has 0 radical (unpaired) electrons. The molecule has 0 saturated heterocycles. The lowest BCUT2D eigenvalue weighted by molar-refractivity contribution is -0.134. The topological polar surface area (TPSA) is 33.2 Å². The van der Waals surface area contributed by atoms with Gasteiger partial charge in [-0.15, -0.1) is 22.7 Å². The van der Waals surface area contributed by atoms with Gasteiger partial charge in [-0.2, -0.15) is 0 Å². The van der Waals surface area contributed by atoms with Gasteiger partial charge in [0.1, 0.15) is 5.01 Å². The maximum absolute atomic E-state index is 13.0. The Morgan fingerprint density at radius 2 is 2.15 bits per heavy atom. The molecule has 2 aromatic heterocycles. The van der Waals surface area contributed by atoms with E-state index in [2.05, 4.69) is 30.3 Å². The molecule has 1 saturated carbocycles. The van der Waals surface area contributed by atoms with Crippen molar-refractivity contribution < 1.29 is 4.79 Å². The number of likely N-dealkylation sites (N-methyl/N-ethyl adjacent to an activating group) is 1. The van der Waals surface area contributed by atoms with Crippen LogP contribution in [-0.4, -0.2) is 22.8 Å². The average Bonchev–Trinajstić information content (AvgIpc) is 2.92. The zero-order valence-electron chi connectivity index (χ0n) is 11.9. The molecule has 1 atom stereocenters. The lowest BCUT2D eigenvalue weighted by atomic mass is 9.92. The lowest BCUT2D eigenvalue weighted by Crippen LogP contribution is -2.38. The number of amides is 1. The summed E-state index contributed by atoms with van der Waals surface area (Å²) in [6.45, 7) is 4.96. The van der Waals surface area contributed by atoms with E-state index in [1.54, 1.807) is 28.9 Å². The van der Waals surface area contributed by atoms with Crippen LogP contribution in [0.25, 0.3) is 0 Å². The van der Waals surface area contributed by atoms with Gasteiger partial charge in [-0.1, -0.05) is 19.9 Å². The first-order chi connectivity index (χ1) is 9.47. The number of nitrogens with zero attached hydrogens (tertiary/aromatic N) is 2. The fourth-order valence-electron chi connectivity index (χ4n) is 2.96. The predicted octanol–water partition coefficient (Wildman–Crippen LogP) is 3.53. The minimum absolute atomic E-state index is 0.0477. The van der Waals surface area contributed by atoms with Crippen molar-refractivity contribution in [3.05, 3.63) is 39.0 Å². The van der Waals surface area contributed by atoms with Crippen LogP contribution in [0, 0.1) is 5.41 Å². The normalized spacial score (nSPS) is 23.6. The summed E-state index contributed by atoms with van der Waals surface area (Å²) >= 11 is 3.28. The Morgan fingerprint density at radius 1 is 1.40 bits per heavy atom. The Morgan fingerprint density at radius 3 is 2.65 bits per heavy atom. The van der Waals surface area contributed by atoms with Gasteiger partial charge in [0, 0.05) is 23.5 Å². The molecule has 2 aromatic rings. The van der Waals surface area contributed by atoms with Gasteiger partial charge in [0.15, 0.2) is 0 Å². The largest absolute Gasteiger partial charge is 0.338 e. The smallest absolute Gasteiger partial charge is 0.234 e. The van der Waals surface area contributed by atoms with E-state index in [1.165, 1.54) is 4.88 Å². The fourth-order valence-corrected chi connectivity index (χ4v) is 4.73.